The van der Waals surface area contributed by atoms with E-state index in [1.54, 1.807) is 43.8 Å². The summed E-state index contributed by atoms with van der Waals surface area (Å²) in [5.74, 6) is -0.230. The van der Waals surface area contributed by atoms with Crippen molar-refractivity contribution in [1.82, 2.24) is 20.2 Å². The standard InChI is InChI=1S/C25H29ClFN5O4/c1-32(24(34)30-14-18-6-5-8-21(27)23(18)26)20(7-3-2-4-11-33)16-36-25(35)31-22-12-17-9-10-28-13-19(17)15-29-22/h5-6,8-10,12-13,15,20,33H,2-4,7,11,14,16H2,1H3,(H,30,34)(H,29,31,35)/t20-/m0/s1. The molecule has 3 rings (SSSR count). The van der Waals surface area contributed by atoms with Gasteiger partial charge in [-0.2, -0.15) is 0 Å². The van der Waals surface area contributed by atoms with Gasteiger partial charge in [0, 0.05) is 44.2 Å². The second-order valence-corrected chi connectivity index (χ2v) is 8.60. The molecule has 0 aliphatic carbocycles. The highest BCUT2D eigenvalue weighted by atomic mass is 35.5. The number of aliphatic hydroxyl groups excluding tert-OH is 1. The van der Waals surface area contributed by atoms with Gasteiger partial charge in [-0.3, -0.25) is 10.3 Å². The lowest BCUT2D eigenvalue weighted by Gasteiger charge is -2.28. The van der Waals surface area contributed by atoms with E-state index in [9.17, 15) is 14.0 Å². The number of hydrogen-bond donors (Lipinski definition) is 3. The number of aliphatic hydroxyl groups is 1. The number of carbonyl (C=O) groups is 2. The van der Waals surface area contributed by atoms with Crippen molar-refractivity contribution in [3.8, 4) is 0 Å². The Balaban J connectivity index is 1.57. The van der Waals surface area contributed by atoms with Crippen molar-refractivity contribution in [2.24, 2.45) is 0 Å². The van der Waals surface area contributed by atoms with E-state index in [-0.39, 0.29) is 24.8 Å². The topological polar surface area (TPSA) is 117 Å². The van der Waals surface area contributed by atoms with Crippen LogP contribution in [0.25, 0.3) is 10.8 Å². The van der Waals surface area contributed by atoms with Gasteiger partial charge in [0.1, 0.15) is 18.2 Å². The molecule has 1 aromatic carbocycles. The molecule has 0 bridgehead atoms. The summed E-state index contributed by atoms with van der Waals surface area (Å²) in [6.07, 6.45) is 6.92. The second-order valence-electron chi connectivity index (χ2n) is 8.23. The predicted octanol–water partition coefficient (Wildman–Crippen LogP) is 4.73. The molecule has 9 nitrogen and oxygen atoms in total. The molecule has 3 N–H and O–H groups in total. The number of aromatic nitrogens is 2. The zero-order chi connectivity index (χ0) is 25.9. The van der Waals surface area contributed by atoms with E-state index in [1.165, 1.54) is 17.0 Å². The van der Waals surface area contributed by atoms with Crippen LogP contribution in [0.1, 0.15) is 31.2 Å². The molecule has 36 heavy (non-hydrogen) atoms. The van der Waals surface area contributed by atoms with Crippen LogP contribution >= 0.6 is 11.6 Å². The molecule has 0 radical (unpaired) electrons. The maximum absolute atomic E-state index is 13.7. The van der Waals surface area contributed by atoms with Gasteiger partial charge in [-0.1, -0.05) is 36.6 Å². The number of carbonyl (C=O) groups excluding carboxylic acids is 2. The fourth-order valence-electron chi connectivity index (χ4n) is 3.56. The molecule has 11 heteroatoms. The maximum Gasteiger partial charge on any atom is 0.412 e. The summed E-state index contributed by atoms with van der Waals surface area (Å²) in [6.45, 7) is 0.0811. The van der Waals surface area contributed by atoms with E-state index >= 15 is 0 Å². The van der Waals surface area contributed by atoms with Crippen molar-refractivity contribution < 1.29 is 23.8 Å². The van der Waals surface area contributed by atoms with Crippen molar-refractivity contribution in [2.75, 3.05) is 25.6 Å². The van der Waals surface area contributed by atoms with Crippen molar-refractivity contribution in [2.45, 2.75) is 38.3 Å². The molecule has 2 aromatic heterocycles. The van der Waals surface area contributed by atoms with E-state index in [2.05, 4.69) is 20.6 Å². The highest BCUT2D eigenvalue weighted by molar-refractivity contribution is 6.31. The molecule has 1 atom stereocenters. The van der Waals surface area contributed by atoms with Gasteiger partial charge in [0.25, 0.3) is 0 Å². The number of amides is 3. The lowest BCUT2D eigenvalue weighted by Crippen LogP contribution is -2.46. The Morgan fingerprint density at radius 3 is 2.83 bits per heavy atom. The van der Waals surface area contributed by atoms with Crippen molar-refractivity contribution in [1.29, 1.82) is 0 Å². The van der Waals surface area contributed by atoms with Crippen LogP contribution in [-0.2, 0) is 11.3 Å². The number of hydrogen-bond acceptors (Lipinski definition) is 6. The van der Waals surface area contributed by atoms with Gasteiger partial charge in [-0.05, 0) is 42.0 Å². The van der Waals surface area contributed by atoms with Crippen molar-refractivity contribution >= 4 is 40.3 Å². The first kappa shape index (κ1) is 27.1. The number of pyridine rings is 2. The maximum atomic E-state index is 13.7. The summed E-state index contributed by atoms with van der Waals surface area (Å²) >= 11 is 5.97. The number of ether oxygens (including phenoxy) is 1. The number of benzene rings is 1. The van der Waals surface area contributed by atoms with Gasteiger partial charge < -0.3 is 20.1 Å². The van der Waals surface area contributed by atoms with Crippen LogP contribution in [0, 0.1) is 5.82 Å². The SMILES string of the molecule is CN(C(=O)NCc1cccc(F)c1Cl)[C@@H](CCCCCO)COC(=O)Nc1cc2ccncc2cn1. The fraction of sp³-hybridized carbons (Fsp3) is 0.360. The highest BCUT2D eigenvalue weighted by Crippen LogP contribution is 2.20. The zero-order valence-electron chi connectivity index (χ0n) is 19.9. The normalized spacial score (nSPS) is 11.7. The van der Waals surface area contributed by atoms with Crippen molar-refractivity contribution in [3.05, 3.63) is 65.3 Å². The second kappa shape index (κ2) is 13.6. The van der Waals surface area contributed by atoms with Gasteiger partial charge in [-0.15, -0.1) is 0 Å². The van der Waals surface area contributed by atoms with Gasteiger partial charge in [0.15, 0.2) is 0 Å². The third-order valence-electron chi connectivity index (χ3n) is 5.68. The minimum absolute atomic E-state index is 0.0421. The lowest BCUT2D eigenvalue weighted by atomic mass is 10.1. The van der Waals surface area contributed by atoms with Gasteiger partial charge in [-0.25, -0.2) is 19.0 Å². The number of fused-ring (bicyclic) bond motifs is 1. The first-order valence-electron chi connectivity index (χ1n) is 11.6. The van der Waals surface area contributed by atoms with E-state index < -0.39 is 24.0 Å². The number of likely N-dealkylation sites (N-methyl/N-ethyl adjacent to an activating group) is 1. The first-order chi connectivity index (χ1) is 17.4. The quantitative estimate of drug-likeness (QED) is 0.316. The van der Waals surface area contributed by atoms with E-state index in [1.807, 2.05) is 0 Å². The summed E-state index contributed by atoms with van der Waals surface area (Å²) in [6, 6.07) is 7.06. The lowest BCUT2D eigenvalue weighted by molar-refractivity contribution is 0.112. The summed E-state index contributed by atoms with van der Waals surface area (Å²) < 4.78 is 19.1. The van der Waals surface area contributed by atoms with E-state index in [4.69, 9.17) is 21.4 Å². The fourth-order valence-corrected chi connectivity index (χ4v) is 3.76. The minimum Gasteiger partial charge on any atom is -0.447 e. The summed E-state index contributed by atoms with van der Waals surface area (Å²) in [5.41, 5.74) is 0.451. The number of unbranched alkanes of at least 4 members (excludes halogenated alkanes) is 2. The van der Waals surface area contributed by atoms with Gasteiger partial charge in [0.2, 0.25) is 0 Å². The van der Waals surface area contributed by atoms with Crippen LogP contribution < -0.4 is 10.6 Å². The van der Waals surface area contributed by atoms with Gasteiger partial charge in [0.05, 0.1) is 11.1 Å². The van der Waals surface area contributed by atoms with Crippen LogP contribution in [0.5, 0.6) is 0 Å². The largest absolute Gasteiger partial charge is 0.447 e. The van der Waals surface area contributed by atoms with Crippen LogP contribution in [0.2, 0.25) is 5.02 Å². The Labute approximate surface area is 213 Å². The Morgan fingerprint density at radius 2 is 2.03 bits per heavy atom. The summed E-state index contributed by atoms with van der Waals surface area (Å²) in [5, 5.41) is 16.0. The predicted molar refractivity (Wildman–Crippen MR) is 135 cm³/mol. The van der Waals surface area contributed by atoms with Crippen molar-refractivity contribution in [3.63, 3.8) is 0 Å². The average molecular weight is 518 g/mol. The van der Waals surface area contributed by atoms with E-state index in [0.29, 0.717) is 24.2 Å². The Hall–Kier alpha value is -3.50. The Bertz CT molecular complexity index is 1180. The first-order valence-corrected chi connectivity index (χ1v) is 11.9. The molecule has 0 unspecified atom stereocenters. The molecular weight excluding hydrogens is 489 g/mol. The molecule has 0 saturated heterocycles. The molecule has 0 aliphatic rings. The van der Waals surface area contributed by atoms with Gasteiger partial charge >= 0.3 is 12.1 Å². The average Bonchev–Trinajstić information content (AvgIpc) is 2.88. The molecule has 3 amide bonds. The Kier molecular flexibility index (Phi) is 10.2. The molecule has 192 valence electrons. The Morgan fingerprint density at radius 1 is 1.19 bits per heavy atom. The summed E-state index contributed by atoms with van der Waals surface area (Å²) in [4.78, 5) is 34.8. The molecule has 0 aliphatic heterocycles. The zero-order valence-corrected chi connectivity index (χ0v) is 20.7. The highest BCUT2D eigenvalue weighted by Gasteiger charge is 2.22. The number of rotatable bonds is 11. The third-order valence-corrected chi connectivity index (χ3v) is 6.11. The number of nitrogens with one attached hydrogen (secondary N) is 2. The van der Waals surface area contributed by atoms with Crippen LogP contribution in [-0.4, -0.2) is 58.4 Å². The molecule has 0 spiro atoms. The number of anilines is 1. The molecule has 0 fully saturated rings. The van der Waals surface area contributed by atoms with Crippen LogP contribution in [0.4, 0.5) is 19.8 Å². The van der Waals surface area contributed by atoms with Crippen LogP contribution in [0.15, 0.2) is 48.9 Å². The number of halogens is 2. The monoisotopic (exact) mass is 517 g/mol. The molecule has 3 aromatic rings. The third kappa shape index (κ3) is 7.76. The molecule has 0 saturated carbocycles. The summed E-state index contributed by atoms with van der Waals surface area (Å²) in [7, 11) is 1.60. The molecular formula is C25H29ClFN5O4. The number of nitrogens with zero attached hydrogens (tertiary/aromatic N) is 3. The van der Waals surface area contributed by atoms with E-state index in [0.717, 1.165) is 23.6 Å². The smallest absolute Gasteiger partial charge is 0.412 e. The minimum atomic E-state index is -0.698. The number of urea groups is 1. The van der Waals surface area contributed by atoms with Crippen LogP contribution in [0.3, 0.4) is 0 Å². The molecule has 2 heterocycles.